The van der Waals surface area contributed by atoms with E-state index in [2.05, 4.69) is 25.6 Å². The van der Waals surface area contributed by atoms with Gasteiger partial charge in [0.15, 0.2) is 0 Å². The first kappa shape index (κ1) is 24.6. The number of nitrogens with zero attached hydrogens (tertiary/aromatic N) is 5. The number of carbonyl (C=O) groups excluding carboxylic acids is 1. The van der Waals surface area contributed by atoms with Crippen LogP contribution in [0.4, 0.5) is 27.4 Å². The molecule has 4 aromatic rings. The van der Waals surface area contributed by atoms with Crippen molar-refractivity contribution in [1.82, 2.24) is 15.0 Å². The van der Waals surface area contributed by atoms with Crippen LogP contribution in [0.5, 0.6) is 0 Å². The summed E-state index contributed by atoms with van der Waals surface area (Å²) in [5, 5.41) is 15.3. The first-order chi connectivity index (χ1) is 18.5. The number of nitriles is 1. The minimum atomic E-state index is -1.23. The lowest BCUT2D eigenvalue weighted by atomic mass is 10.0. The topological polar surface area (TPSA) is 133 Å². The van der Waals surface area contributed by atoms with E-state index >= 15 is 4.39 Å². The van der Waals surface area contributed by atoms with E-state index in [9.17, 15) is 4.79 Å². The van der Waals surface area contributed by atoms with Crippen LogP contribution >= 0.6 is 0 Å². The first-order valence-corrected chi connectivity index (χ1v) is 12.1. The molecule has 1 aliphatic rings. The maximum atomic E-state index is 15.2. The number of nitrogens with one attached hydrogen (secondary N) is 2. The van der Waals surface area contributed by atoms with Crippen LogP contribution in [0.2, 0.25) is 0 Å². The fourth-order valence-electron chi connectivity index (χ4n) is 4.36. The van der Waals surface area contributed by atoms with Crippen LogP contribution in [-0.2, 0) is 0 Å². The zero-order valence-corrected chi connectivity index (χ0v) is 20.4. The van der Waals surface area contributed by atoms with Crippen molar-refractivity contribution in [1.29, 1.82) is 5.26 Å². The van der Waals surface area contributed by atoms with E-state index in [4.69, 9.17) is 11.0 Å². The second kappa shape index (κ2) is 10.9. The van der Waals surface area contributed by atoms with Crippen LogP contribution in [0.1, 0.15) is 22.3 Å². The second-order valence-corrected chi connectivity index (χ2v) is 8.92. The summed E-state index contributed by atoms with van der Waals surface area (Å²) in [6, 6.07) is 20.0. The third-order valence-corrected chi connectivity index (χ3v) is 6.37. The molecular formula is C28H25FN8O. The number of benzene rings is 1. The van der Waals surface area contributed by atoms with Gasteiger partial charge in [0.2, 0.25) is 0 Å². The summed E-state index contributed by atoms with van der Waals surface area (Å²) >= 11 is 0. The van der Waals surface area contributed by atoms with Crippen molar-refractivity contribution in [3.8, 4) is 17.3 Å². The number of pyridine rings is 3. The highest BCUT2D eigenvalue weighted by atomic mass is 19.1. The van der Waals surface area contributed by atoms with Gasteiger partial charge in [0.1, 0.15) is 23.9 Å². The summed E-state index contributed by atoms with van der Waals surface area (Å²) in [6.45, 7) is 0.684. The number of hydrogen-bond donors (Lipinski definition) is 3. The predicted molar refractivity (Wildman–Crippen MR) is 144 cm³/mol. The molecule has 4 heterocycles. The lowest BCUT2D eigenvalue weighted by Crippen LogP contribution is -2.48. The Morgan fingerprint density at radius 3 is 2.58 bits per heavy atom. The Kier molecular flexibility index (Phi) is 7.08. The van der Waals surface area contributed by atoms with Gasteiger partial charge < -0.3 is 21.3 Å². The van der Waals surface area contributed by atoms with Crippen molar-refractivity contribution in [3.05, 3.63) is 90.4 Å². The van der Waals surface area contributed by atoms with Crippen molar-refractivity contribution in [2.24, 2.45) is 5.73 Å². The van der Waals surface area contributed by atoms with Crippen LogP contribution in [0.25, 0.3) is 11.3 Å². The average molecular weight is 509 g/mol. The molecule has 0 saturated carbocycles. The number of aromatic nitrogens is 3. The van der Waals surface area contributed by atoms with Crippen LogP contribution < -0.4 is 21.3 Å². The smallest absolute Gasteiger partial charge is 0.252 e. The Balaban J connectivity index is 1.28. The Bertz CT molecular complexity index is 1460. The fourth-order valence-corrected chi connectivity index (χ4v) is 4.36. The van der Waals surface area contributed by atoms with E-state index in [0.29, 0.717) is 35.9 Å². The highest BCUT2D eigenvalue weighted by molar-refractivity contribution is 5.98. The van der Waals surface area contributed by atoms with Crippen molar-refractivity contribution in [3.63, 3.8) is 0 Å². The van der Waals surface area contributed by atoms with Gasteiger partial charge in [0, 0.05) is 42.5 Å². The first-order valence-electron chi connectivity index (χ1n) is 12.1. The molecule has 10 heteroatoms. The molecule has 0 radical (unpaired) electrons. The third kappa shape index (κ3) is 5.52. The zero-order chi connectivity index (χ0) is 26.5. The molecule has 0 bridgehead atoms. The molecule has 3 aromatic heterocycles. The Morgan fingerprint density at radius 2 is 1.92 bits per heavy atom. The summed E-state index contributed by atoms with van der Waals surface area (Å²) < 4.78 is 15.2. The molecule has 4 N–H and O–H groups in total. The van der Waals surface area contributed by atoms with Gasteiger partial charge in [0.05, 0.1) is 35.1 Å². The van der Waals surface area contributed by atoms with Gasteiger partial charge in [-0.1, -0.05) is 18.2 Å². The summed E-state index contributed by atoms with van der Waals surface area (Å²) in [6.07, 6.45) is 3.85. The monoisotopic (exact) mass is 508 g/mol. The van der Waals surface area contributed by atoms with E-state index in [-0.39, 0.29) is 12.1 Å². The van der Waals surface area contributed by atoms with Gasteiger partial charge in [-0.2, -0.15) is 5.26 Å². The summed E-state index contributed by atoms with van der Waals surface area (Å²) in [7, 11) is 0. The second-order valence-electron chi connectivity index (χ2n) is 8.92. The van der Waals surface area contributed by atoms with Crippen LogP contribution in [0.3, 0.4) is 0 Å². The maximum absolute atomic E-state index is 15.2. The molecule has 2 atom stereocenters. The van der Waals surface area contributed by atoms with Crippen LogP contribution in [0.15, 0.2) is 79.3 Å². The quantitative estimate of drug-likeness (QED) is 0.337. The minimum Gasteiger partial charge on any atom is -0.378 e. The van der Waals surface area contributed by atoms with Gasteiger partial charge in [-0.05, 0) is 42.8 Å². The maximum Gasteiger partial charge on any atom is 0.252 e. The van der Waals surface area contributed by atoms with E-state index in [1.54, 1.807) is 24.4 Å². The number of anilines is 4. The van der Waals surface area contributed by atoms with Crippen LogP contribution in [0, 0.1) is 11.3 Å². The van der Waals surface area contributed by atoms with Crippen molar-refractivity contribution < 1.29 is 9.18 Å². The SMILES string of the molecule is N#Cc1ccc(N2CC[C@@H](Nc3cc(Nc4ccc(-c5ccccn5)cc4)ncc3C(N)=O)[C@@H](F)C2)nc1. The number of rotatable bonds is 7. The Morgan fingerprint density at radius 1 is 1.08 bits per heavy atom. The molecule has 0 spiro atoms. The summed E-state index contributed by atoms with van der Waals surface area (Å²) in [4.78, 5) is 26.8. The normalized spacial score (nSPS) is 16.9. The number of primary amides is 1. The average Bonchev–Trinajstić information content (AvgIpc) is 2.95. The third-order valence-electron chi connectivity index (χ3n) is 6.37. The van der Waals surface area contributed by atoms with Gasteiger partial charge in [-0.25, -0.2) is 14.4 Å². The molecule has 9 nitrogen and oxygen atoms in total. The minimum absolute atomic E-state index is 0.126. The molecule has 38 heavy (non-hydrogen) atoms. The highest BCUT2D eigenvalue weighted by Gasteiger charge is 2.30. The molecule has 1 aliphatic heterocycles. The molecule has 0 unspecified atom stereocenters. The van der Waals surface area contributed by atoms with E-state index < -0.39 is 18.1 Å². The molecule has 190 valence electrons. The molecule has 1 saturated heterocycles. The standard InChI is InChI=1S/C28H25FN8O/c29-22-17-37(27-9-4-18(14-30)15-34-27)12-10-24(22)36-25-13-26(33-16-21(25)28(31)38)35-20-7-5-19(6-8-20)23-3-1-2-11-32-23/h1-9,11,13,15-16,22,24H,10,12,17H2,(H2,31,38)(H2,33,35,36)/t22-,24+/m0/s1. The van der Waals surface area contributed by atoms with Crippen molar-refractivity contribution in [2.75, 3.05) is 28.6 Å². The molecular weight excluding hydrogens is 483 g/mol. The van der Waals surface area contributed by atoms with Gasteiger partial charge in [-0.15, -0.1) is 0 Å². The molecule has 0 aliphatic carbocycles. The van der Waals surface area contributed by atoms with Crippen LogP contribution in [-0.4, -0.2) is 46.2 Å². The molecule has 1 amide bonds. The van der Waals surface area contributed by atoms with E-state index in [1.165, 1.54) is 12.4 Å². The lowest BCUT2D eigenvalue weighted by molar-refractivity contribution is 0.100. The van der Waals surface area contributed by atoms with Gasteiger partial charge >= 0.3 is 0 Å². The molecule has 5 rings (SSSR count). The van der Waals surface area contributed by atoms with Gasteiger partial charge in [-0.3, -0.25) is 9.78 Å². The number of halogens is 1. The number of hydrogen-bond acceptors (Lipinski definition) is 8. The Hall–Kier alpha value is -5.04. The lowest BCUT2D eigenvalue weighted by Gasteiger charge is -2.36. The summed E-state index contributed by atoms with van der Waals surface area (Å²) in [5.41, 5.74) is 9.27. The number of nitrogens with two attached hydrogens (primary N) is 1. The van der Waals surface area contributed by atoms with E-state index in [1.807, 2.05) is 53.4 Å². The fraction of sp³-hybridized carbons (Fsp3) is 0.179. The highest BCUT2D eigenvalue weighted by Crippen LogP contribution is 2.27. The van der Waals surface area contributed by atoms with Crippen molar-refractivity contribution >= 4 is 28.9 Å². The Labute approximate surface area is 219 Å². The van der Waals surface area contributed by atoms with Crippen molar-refractivity contribution in [2.45, 2.75) is 18.6 Å². The number of piperidine rings is 1. The molecule has 1 fully saturated rings. The largest absolute Gasteiger partial charge is 0.378 e. The predicted octanol–water partition coefficient (Wildman–Crippen LogP) is 4.28. The number of carbonyl (C=O) groups is 1. The number of amides is 1. The summed E-state index contributed by atoms with van der Waals surface area (Å²) in [5.74, 6) is 0.450. The molecule has 1 aromatic carbocycles. The van der Waals surface area contributed by atoms with E-state index in [0.717, 1.165) is 16.9 Å². The zero-order valence-electron chi connectivity index (χ0n) is 20.4. The number of alkyl halides is 1. The van der Waals surface area contributed by atoms with Gasteiger partial charge in [0.25, 0.3) is 5.91 Å².